The molecule has 0 unspecified atom stereocenters. The van der Waals surface area contributed by atoms with Gasteiger partial charge in [0.2, 0.25) is 5.91 Å². The Morgan fingerprint density at radius 2 is 2.30 bits per heavy atom. The van der Waals surface area contributed by atoms with Crippen LogP contribution >= 0.6 is 0 Å². The summed E-state index contributed by atoms with van der Waals surface area (Å²) in [6, 6.07) is 10.7. The summed E-state index contributed by atoms with van der Waals surface area (Å²) in [5, 5.41) is 7.26. The van der Waals surface area contributed by atoms with Crippen molar-refractivity contribution in [3.05, 3.63) is 48.3 Å². The lowest BCUT2D eigenvalue weighted by Crippen LogP contribution is -2.47. The van der Waals surface area contributed by atoms with Crippen LogP contribution in [0.2, 0.25) is 0 Å². The van der Waals surface area contributed by atoms with E-state index in [0.29, 0.717) is 6.04 Å². The molecule has 2 saturated heterocycles. The summed E-state index contributed by atoms with van der Waals surface area (Å²) >= 11 is 0. The highest BCUT2D eigenvalue weighted by atomic mass is 16.2. The standard InChI is InChI=1S/C15H16N4O/c20-15-14-8-12(17-15)10-18(14)9-11-3-1-4-13(7-11)19-6-2-5-16-19/h1-7,12,14H,8-10H2,(H,17,20)/t12-,14-/m0/s1. The van der Waals surface area contributed by atoms with Crippen LogP contribution in [0, 0.1) is 0 Å². The van der Waals surface area contributed by atoms with Gasteiger partial charge >= 0.3 is 0 Å². The number of aromatic nitrogens is 2. The molecule has 2 aliphatic heterocycles. The predicted molar refractivity (Wildman–Crippen MR) is 74.3 cm³/mol. The molecule has 2 atom stereocenters. The summed E-state index contributed by atoms with van der Waals surface area (Å²) in [4.78, 5) is 14.0. The number of likely N-dealkylation sites (tertiary alicyclic amines) is 1. The lowest BCUT2D eigenvalue weighted by molar-refractivity contribution is -0.125. The Balaban J connectivity index is 1.55. The molecule has 1 N–H and O–H groups in total. The molecule has 2 aliphatic rings. The van der Waals surface area contributed by atoms with Crippen LogP contribution in [0.5, 0.6) is 0 Å². The van der Waals surface area contributed by atoms with Gasteiger partial charge in [0.1, 0.15) is 0 Å². The van der Waals surface area contributed by atoms with Crippen LogP contribution in [0.1, 0.15) is 12.0 Å². The van der Waals surface area contributed by atoms with E-state index in [0.717, 1.165) is 25.2 Å². The molecule has 2 aromatic rings. The smallest absolute Gasteiger partial charge is 0.237 e. The number of hydrogen-bond donors (Lipinski definition) is 1. The third-order valence-corrected chi connectivity index (χ3v) is 4.12. The van der Waals surface area contributed by atoms with E-state index >= 15 is 0 Å². The van der Waals surface area contributed by atoms with Gasteiger partial charge in [-0.2, -0.15) is 5.10 Å². The lowest BCUT2D eigenvalue weighted by atomic mass is 10.1. The number of nitrogens with zero attached hydrogens (tertiary/aromatic N) is 3. The van der Waals surface area contributed by atoms with Crippen molar-refractivity contribution in [3.63, 3.8) is 0 Å². The highest BCUT2D eigenvalue weighted by molar-refractivity contribution is 5.85. The third kappa shape index (κ3) is 1.91. The van der Waals surface area contributed by atoms with Crippen LogP contribution in [-0.4, -0.2) is 39.2 Å². The number of carbonyl (C=O) groups is 1. The molecule has 2 bridgehead atoms. The summed E-state index contributed by atoms with van der Waals surface area (Å²) < 4.78 is 1.85. The molecule has 3 heterocycles. The van der Waals surface area contributed by atoms with Gasteiger partial charge in [-0.25, -0.2) is 4.68 Å². The second-order valence-corrected chi connectivity index (χ2v) is 5.51. The molecule has 0 spiro atoms. The second-order valence-electron chi connectivity index (χ2n) is 5.51. The molecule has 102 valence electrons. The largest absolute Gasteiger partial charge is 0.351 e. The molecular weight excluding hydrogens is 252 g/mol. The van der Waals surface area contributed by atoms with E-state index in [1.807, 2.05) is 29.1 Å². The minimum absolute atomic E-state index is 0.0633. The minimum Gasteiger partial charge on any atom is -0.351 e. The number of fused-ring (bicyclic) bond motifs is 2. The summed E-state index contributed by atoms with van der Waals surface area (Å²) in [5.41, 5.74) is 2.28. The van der Waals surface area contributed by atoms with E-state index in [4.69, 9.17) is 0 Å². The normalized spacial score (nSPS) is 25.1. The number of nitrogens with one attached hydrogen (secondary N) is 1. The molecule has 5 nitrogen and oxygen atoms in total. The number of hydrogen-bond acceptors (Lipinski definition) is 3. The van der Waals surface area contributed by atoms with Crippen LogP contribution in [0.3, 0.4) is 0 Å². The van der Waals surface area contributed by atoms with E-state index in [2.05, 4.69) is 27.4 Å². The average molecular weight is 268 g/mol. The first-order valence-corrected chi connectivity index (χ1v) is 6.93. The Morgan fingerprint density at radius 1 is 1.35 bits per heavy atom. The van der Waals surface area contributed by atoms with Crippen LogP contribution in [0.25, 0.3) is 5.69 Å². The van der Waals surface area contributed by atoms with Gasteiger partial charge in [0.05, 0.1) is 11.7 Å². The molecule has 5 heteroatoms. The third-order valence-electron chi connectivity index (χ3n) is 4.12. The van der Waals surface area contributed by atoms with E-state index in [9.17, 15) is 4.79 Å². The SMILES string of the molecule is O=C1N[C@H]2C[C@@H]1N(Cc1cccc(-n3cccn3)c1)C2. The van der Waals surface area contributed by atoms with Gasteiger partial charge < -0.3 is 5.32 Å². The van der Waals surface area contributed by atoms with Crippen molar-refractivity contribution in [2.24, 2.45) is 0 Å². The molecule has 0 radical (unpaired) electrons. The zero-order valence-corrected chi connectivity index (χ0v) is 11.1. The number of carbonyl (C=O) groups excluding carboxylic acids is 1. The van der Waals surface area contributed by atoms with E-state index in [1.165, 1.54) is 5.56 Å². The quantitative estimate of drug-likeness (QED) is 0.901. The first-order chi connectivity index (χ1) is 9.79. The average Bonchev–Trinajstić information content (AvgIpc) is 3.14. The first-order valence-electron chi connectivity index (χ1n) is 6.93. The summed E-state index contributed by atoms with van der Waals surface area (Å²) in [7, 11) is 0. The van der Waals surface area contributed by atoms with Crippen molar-refractivity contribution in [2.75, 3.05) is 6.54 Å². The van der Waals surface area contributed by atoms with Crippen LogP contribution < -0.4 is 5.32 Å². The van der Waals surface area contributed by atoms with E-state index in [-0.39, 0.29) is 11.9 Å². The Kier molecular flexibility index (Phi) is 2.60. The van der Waals surface area contributed by atoms with Gasteiger partial charge in [-0.15, -0.1) is 0 Å². The molecule has 0 saturated carbocycles. The van der Waals surface area contributed by atoms with Gasteiger partial charge in [-0.3, -0.25) is 9.69 Å². The molecule has 2 fully saturated rings. The number of amides is 1. The fraction of sp³-hybridized carbons (Fsp3) is 0.333. The molecule has 4 rings (SSSR count). The molecule has 0 aliphatic carbocycles. The van der Waals surface area contributed by atoms with Crippen molar-refractivity contribution in [2.45, 2.75) is 25.0 Å². The lowest BCUT2D eigenvalue weighted by Gasteiger charge is -2.26. The van der Waals surface area contributed by atoms with Crippen LogP contribution in [0.15, 0.2) is 42.7 Å². The summed E-state index contributed by atoms with van der Waals surface area (Å²) in [5.74, 6) is 0.185. The van der Waals surface area contributed by atoms with Crippen molar-refractivity contribution in [3.8, 4) is 5.69 Å². The van der Waals surface area contributed by atoms with Crippen LogP contribution in [0.4, 0.5) is 0 Å². The highest BCUT2D eigenvalue weighted by Gasteiger charge is 2.43. The van der Waals surface area contributed by atoms with Gasteiger partial charge in [0.25, 0.3) is 0 Å². The predicted octanol–water partition coefficient (Wildman–Crippen LogP) is 0.945. The fourth-order valence-electron chi connectivity index (χ4n) is 3.21. The topological polar surface area (TPSA) is 50.2 Å². The molecule has 1 aromatic heterocycles. The Bertz CT molecular complexity index is 637. The fourth-order valence-corrected chi connectivity index (χ4v) is 3.21. The Hall–Kier alpha value is -2.14. The van der Waals surface area contributed by atoms with Crippen molar-refractivity contribution in [1.82, 2.24) is 20.0 Å². The zero-order valence-electron chi connectivity index (χ0n) is 11.1. The van der Waals surface area contributed by atoms with Gasteiger partial charge in [-0.1, -0.05) is 12.1 Å². The summed E-state index contributed by atoms with van der Waals surface area (Å²) in [6.07, 6.45) is 4.67. The molecular formula is C15H16N4O. The maximum Gasteiger partial charge on any atom is 0.237 e. The maximum atomic E-state index is 11.7. The van der Waals surface area contributed by atoms with Crippen molar-refractivity contribution in [1.29, 1.82) is 0 Å². The van der Waals surface area contributed by atoms with Crippen molar-refractivity contribution < 1.29 is 4.79 Å². The Morgan fingerprint density at radius 3 is 3.05 bits per heavy atom. The van der Waals surface area contributed by atoms with E-state index < -0.39 is 0 Å². The van der Waals surface area contributed by atoms with Crippen molar-refractivity contribution >= 4 is 5.91 Å². The van der Waals surface area contributed by atoms with E-state index in [1.54, 1.807) is 6.20 Å². The maximum absolute atomic E-state index is 11.7. The minimum atomic E-state index is 0.0633. The highest BCUT2D eigenvalue weighted by Crippen LogP contribution is 2.26. The molecule has 1 amide bonds. The first kappa shape index (κ1) is 11.7. The zero-order chi connectivity index (χ0) is 13.5. The van der Waals surface area contributed by atoms with Crippen LogP contribution in [-0.2, 0) is 11.3 Å². The van der Waals surface area contributed by atoms with Gasteiger partial charge in [-0.05, 0) is 30.2 Å². The summed E-state index contributed by atoms with van der Waals surface area (Å²) in [6.45, 7) is 1.78. The Labute approximate surface area is 117 Å². The second kappa shape index (κ2) is 4.45. The molecule has 1 aromatic carbocycles. The molecule has 20 heavy (non-hydrogen) atoms. The number of piperazine rings is 1. The number of benzene rings is 1. The monoisotopic (exact) mass is 268 g/mol. The number of rotatable bonds is 3. The van der Waals surface area contributed by atoms with Gasteiger partial charge in [0, 0.05) is 31.5 Å². The van der Waals surface area contributed by atoms with Gasteiger partial charge in [0.15, 0.2) is 0 Å².